The summed E-state index contributed by atoms with van der Waals surface area (Å²) in [5.74, 6) is 0. The van der Waals surface area contributed by atoms with E-state index in [1.165, 1.54) is 0 Å². The summed E-state index contributed by atoms with van der Waals surface area (Å²) in [5, 5.41) is 2.92. The molecular weight excluding hydrogens is 407 g/mol. The smallest absolute Gasteiger partial charge is 1.00 e. The molecule has 32 heavy (non-hydrogen) atoms. The molecule has 3 N–H and O–H groups in total. The molecule has 0 aliphatic carbocycles. The van der Waals surface area contributed by atoms with E-state index in [0.29, 0.717) is 0 Å². The molecule has 5 nitrogen and oxygen atoms in total. The maximum atomic E-state index is 4.62. The number of H-pyrrole nitrogens is 2. The summed E-state index contributed by atoms with van der Waals surface area (Å²) >= 11 is 0. The van der Waals surface area contributed by atoms with Crippen LogP contribution in [0.25, 0.3) is 46.4 Å². The van der Waals surface area contributed by atoms with Gasteiger partial charge in [-0.3, -0.25) is 0 Å². The zero-order valence-electron chi connectivity index (χ0n) is 19.5. The maximum Gasteiger partial charge on any atom is 2.00 e. The van der Waals surface area contributed by atoms with Crippen LogP contribution in [0.2, 0.25) is 0 Å². The molecule has 3 aromatic rings. The topological polar surface area (TPSA) is 69.4 Å². The minimum absolute atomic E-state index is 0. The van der Waals surface area contributed by atoms with E-state index >= 15 is 0 Å². The van der Waals surface area contributed by atoms with Crippen LogP contribution in [0.5, 0.6) is 0 Å². The van der Waals surface area contributed by atoms with E-state index in [-0.39, 0.29) is 25.9 Å². The summed E-state index contributed by atoms with van der Waals surface area (Å²) in [4.78, 5) is 16.0. The van der Waals surface area contributed by atoms with Crippen LogP contribution < -0.4 is 5.32 Å². The van der Waals surface area contributed by atoms with Crippen molar-refractivity contribution in [1.82, 2.24) is 25.3 Å². The first-order chi connectivity index (χ1) is 15.3. The molecule has 0 unspecified atom stereocenters. The Balaban J connectivity index is 0.000000357. The number of aromatic nitrogens is 4. The molecule has 0 amide bonds. The van der Waals surface area contributed by atoms with E-state index < -0.39 is 0 Å². The van der Waals surface area contributed by atoms with Gasteiger partial charge in [0.25, 0.3) is 0 Å². The van der Waals surface area contributed by atoms with E-state index in [1.54, 1.807) is 0 Å². The molecule has 3 aliphatic heterocycles. The van der Waals surface area contributed by atoms with Crippen LogP contribution in [0.15, 0.2) is 85.2 Å². The van der Waals surface area contributed by atoms with Gasteiger partial charge in [-0.1, -0.05) is 12.2 Å². The second-order valence-corrected chi connectivity index (χ2v) is 7.17. The summed E-state index contributed by atoms with van der Waals surface area (Å²) in [6.45, 7) is 0. The molecule has 3 aliphatic rings. The van der Waals surface area contributed by atoms with Crippen molar-refractivity contribution in [1.29, 1.82) is 0 Å². The second-order valence-electron chi connectivity index (χ2n) is 7.17. The molecule has 6 rings (SSSR count). The summed E-state index contributed by atoms with van der Waals surface area (Å²) in [7, 11) is 0. The van der Waals surface area contributed by atoms with Gasteiger partial charge in [-0.2, -0.15) is 0 Å². The first-order valence-corrected chi connectivity index (χ1v) is 10.1. The molecule has 0 radical (unpaired) electrons. The Hall–Kier alpha value is -3.61. The number of aromatic amines is 2. The van der Waals surface area contributed by atoms with Gasteiger partial charge < -0.3 is 18.1 Å². The Morgan fingerprint density at radius 3 is 1.38 bits per heavy atom. The SMILES string of the molecule is C1=CC=CNC=C1.C1=Cc2cc3ccc(cc4ccc(cc5nc(cc1n2)C=C5)[nH]4)[nH]3.[H-].[H-].[Mg+2]. The summed E-state index contributed by atoms with van der Waals surface area (Å²) in [6, 6.07) is 16.4. The predicted octanol–water partition coefficient (Wildman–Crippen LogP) is 5.67. The Labute approximate surface area is 205 Å². The fraction of sp³-hybridized carbons (Fsp3) is 0. The normalized spacial score (nSPS) is 13.0. The van der Waals surface area contributed by atoms with Crippen LogP contribution in [0, 0.1) is 0 Å². The molecule has 154 valence electrons. The first kappa shape index (κ1) is 21.6. The molecule has 0 saturated carbocycles. The van der Waals surface area contributed by atoms with Crippen molar-refractivity contribution in [2.45, 2.75) is 0 Å². The van der Waals surface area contributed by atoms with Crippen LogP contribution in [0.3, 0.4) is 0 Å². The number of rotatable bonds is 0. The third-order valence-corrected chi connectivity index (χ3v) is 4.76. The Morgan fingerprint density at radius 2 is 0.906 bits per heavy atom. The van der Waals surface area contributed by atoms with E-state index in [0.717, 1.165) is 44.8 Å². The van der Waals surface area contributed by atoms with Gasteiger partial charge in [0.15, 0.2) is 0 Å². The van der Waals surface area contributed by atoms with Crippen molar-refractivity contribution in [3.8, 4) is 0 Å². The molecule has 6 heterocycles. The number of hydrogen-bond donors (Lipinski definition) is 3. The minimum atomic E-state index is 0. The Kier molecular flexibility index (Phi) is 6.84. The van der Waals surface area contributed by atoms with Crippen LogP contribution >= 0.6 is 0 Å². The van der Waals surface area contributed by atoms with Gasteiger partial charge in [-0.15, -0.1) is 0 Å². The van der Waals surface area contributed by atoms with Crippen molar-refractivity contribution >= 4 is 69.4 Å². The second kappa shape index (κ2) is 10.1. The fourth-order valence-corrected chi connectivity index (χ4v) is 3.35. The molecule has 0 spiro atoms. The van der Waals surface area contributed by atoms with Gasteiger partial charge in [0.05, 0.1) is 22.8 Å². The molecular formula is C26H23MgN5. The number of nitrogens with zero attached hydrogens (tertiary/aromatic N) is 2. The van der Waals surface area contributed by atoms with Gasteiger partial charge in [0.1, 0.15) is 0 Å². The van der Waals surface area contributed by atoms with Gasteiger partial charge >= 0.3 is 23.1 Å². The summed E-state index contributed by atoms with van der Waals surface area (Å²) in [6.07, 6.45) is 19.6. The van der Waals surface area contributed by atoms with Crippen LogP contribution in [0.1, 0.15) is 25.6 Å². The molecule has 3 aromatic heterocycles. The van der Waals surface area contributed by atoms with Gasteiger partial charge in [0, 0.05) is 34.5 Å². The third-order valence-electron chi connectivity index (χ3n) is 4.76. The van der Waals surface area contributed by atoms with Crippen LogP contribution in [-0.2, 0) is 0 Å². The molecule has 0 aromatic carbocycles. The van der Waals surface area contributed by atoms with Gasteiger partial charge in [0.2, 0.25) is 0 Å². The number of hydrogen-bond acceptors (Lipinski definition) is 3. The third kappa shape index (κ3) is 5.54. The van der Waals surface area contributed by atoms with Crippen molar-refractivity contribution in [2.24, 2.45) is 0 Å². The van der Waals surface area contributed by atoms with Crippen molar-refractivity contribution in [3.63, 3.8) is 0 Å². The number of nitrogens with one attached hydrogen (secondary N) is 3. The minimum Gasteiger partial charge on any atom is -1.00 e. The van der Waals surface area contributed by atoms with Crippen LogP contribution in [-0.4, -0.2) is 43.0 Å². The van der Waals surface area contributed by atoms with Crippen molar-refractivity contribution in [2.75, 3.05) is 0 Å². The first-order valence-electron chi connectivity index (χ1n) is 10.1. The zero-order chi connectivity index (χ0) is 20.9. The number of allylic oxidation sites excluding steroid dienone is 4. The molecule has 0 saturated heterocycles. The van der Waals surface area contributed by atoms with E-state index in [4.69, 9.17) is 0 Å². The van der Waals surface area contributed by atoms with Crippen molar-refractivity contribution in [3.05, 3.63) is 108 Å². The quantitative estimate of drug-likeness (QED) is 0.278. The van der Waals surface area contributed by atoms with E-state index in [9.17, 15) is 0 Å². The van der Waals surface area contributed by atoms with E-state index in [1.807, 2.05) is 79.2 Å². The van der Waals surface area contributed by atoms with Crippen molar-refractivity contribution < 1.29 is 2.85 Å². The average molecular weight is 430 g/mol. The number of fused-ring (bicyclic) bond motifs is 8. The Morgan fingerprint density at radius 1 is 0.500 bits per heavy atom. The largest absolute Gasteiger partial charge is 2.00 e. The average Bonchev–Trinajstić information content (AvgIpc) is 3.53. The zero-order valence-corrected chi connectivity index (χ0v) is 18.9. The van der Waals surface area contributed by atoms with Crippen LogP contribution in [0.4, 0.5) is 0 Å². The summed E-state index contributed by atoms with van der Waals surface area (Å²) in [5.41, 5.74) is 7.86. The Bertz CT molecular complexity index is 1320. The molecule has 0 atom stereocenters. The molecule has 8 bridgehead atoms. The standard InChI is InChI=1S/C20H14N4.C6H7N.Mg.2H/c1-2-14-10-16-5-6-18(23-16)12-20-8-7-19(24-20)11-17-4-3-15(22-17)9-13(1)21-14;1-2-4-6-7-5-3-1;;;/h1-12,21-22H;1-7H;;;/q;;+2;2*-1. The molecule has 0 fully saturated rings. The summed E-state index contributed by atoms with van der Waals surface area (Å²) < 4.78 is 0. The molecule has 6 heteroatoms. The van der Waals surface area contributed by atoms with Gasteiger partial charge in [-0.05, 0) is 85.0 Å². The monoisotopic (exact) mass is 429 g/mol. The predicted molar refractivity (Wildman–Crippen MR) is 137 cm³/mol. The fourth-order valence-electron chi connectivity index (χ4n) is 3.35. The van der Waals surface area contributed by atoms with E-state index in [2.05, 4.69) is 55.6 Å². The maximum absolute atomic E-state index is 4.62. The van der Waals surface area contributed by atoms with Gasteiger partial charge in [-0.25, -0.2) is 9.97 Å².